The van der Waals surface area contributed by atoms with Crippen LogP contribution >= 0.6 is 0 Å². The highest BCUT2D eigenvalue weighted by Crippen LogP contribution is 2.26. The minimum absolute atomic E-state index is 0.293. The van der Waals surface area contributed by atoms with Gasteiger partial charge in [0.1, 0.15) is 5.75 Å². The highest BCUT2D eigenvalue weighted by Gasteiger charge is 2.21. The molecule has 2 rings (SSSR count). The highest BCUT2D eigenvalue weighted by atomic mass is 16.5. The fourth-order valence-corrected chi connectivity index (χ4v) is 2.86. The summed E-state index contributed by atoms with van der Waals surface area (Å²) < 4.78 is 5.35. The van der Waals surface area contributed by atoms with Crippen LogP contribution in [0.5, 0.6) is 5.75 Å². The van der Waals surface area contributed by atoms with Gasteiger partial charge < -0.3 is 20.5 Å². The van der Waals surface area contributed by atoms with E-state index in [-0.39, 0.29) is 6.03 Å². The second kappa shape index (κ2) is 8.63. The molecular weight excluding hydrogens is 280 g/mol. The molecule has 1 aliphatic carbocycles. The number of ether oxygens (including phenoxy) is 1. The Hall–Kier alpha value is -1.75. The summed E-state index contributed by atoms with van der Waals surface area (Å²) in [5.41, 5.74) is 0.702. The van der Waals surface area contributed by atoms with Crippen LogP contribution in [-0.2, 0) is 0 Å². The monoisotopic (exact) mass is 306 g/mol. The lowest BCUT2D eigenvalue weighted by atomic mass is 9.85. The summed E-state index contributed by atoms with van der Waals surface area (Å²) in [5, 5.41) is 15.6. The number of hydrogen-bond acceptors (Lipinski definition) is 3. The van der Waals surface area contributed by atoms with E-state index in [0.29, 0.717) is 24.8 Å². The molecule has 122 valence electrons. The van der Waals surface area contributed by atoms with Crippen molar-refractivity contribution in [1.29, 1.82) is 0 Å². The standard InChI is InChI=1S/C17H26N2O3/c1-2-22-15-10-8-14(9-11-15)19-17(21)18-12-16(20)13-6-4-3-5-7-13/h8-11,13,16,20H,2-7,12H2,1H3,(H2,18,19,21). The first kappa shape index (κ1) is 16.6. The molecule has 0 spiro atoms. The number of urea groups is 1. The normalized spacial score (nSPS) is 16.8. The van der Waals surface area contributed by atoms with E-state index in [1.807, 2.05) is 19.1 Å². The van der Waals surface area contributed by atoms with Crippen molar-refractivity contribution in [3.63, 3.8) is 0 Å². The Morgan fingerprint density at radius 2 is 1.95 bits per heavy atom. The number of rotatable bonds is 6. The predicted molar refractivity (Wildman–Crippen MR) is 87.2 cm³/mol. The zero-order chi connectivity index (χ0) is 15.8. The molecule has 0 bridgehead atoms. The third-order valence-electron chi connectivity index (χ3n) is 4.09. The molecule has 2 amide bonds. The average Bonchev–Trinajstić information content (AvgIpc) is 2.55. The maximum absolute atomic E-state index is 11.8. The summed E-state index contributed by atoms with van der Waals surface area (Å²) in [6.07, 6.45) is 5.29. The summed E-state index contributed by atoms with van der Waals surface area (Å²) in [6.45, 7) is 2.84. The van der Waals surface area contributed by atoms with Crippen molar-refractivity contribution in [3.8, 4) is 5.75 Å². The first-order valence-electron chi connectivity index (χ1n) is 8.15. The average molecular weight is 306 g/mol. The van der Waals surface area contributed by atoms with Gasteiger partial charge in [0.25, 0.3) is 0 Å². The van der Waals surface area contributed by atoms with E-state index in [1.165, 1.54) is 19.3 Å². The number of nitrogens with one attached hydrogen (secondary N) is 2. The topological polar surface area (TPSA) is 70.6 Å². The molecule has 1 fully saturated rings. The maximum atomic E-state index is 11.8. The number of anilines is 1. The van der Waals surface area contributed by atoms with Crippen molar-refractivity contribution in [2.75, 3.05) is 18.5 Å². The molecule has 22 heavy (non-hydrogen) atoms. The van der Waals surface area contributed by atoms with Gasteiger partial charge in [-0.25, -0.2) is 4.79 Å². The number of carbonyl (C=O) groups excluding carboxylic acids is 1. The molecule has 5 heteroatoms. The first-order valence-corrected chi connectivity index (χ1v) is 8.15. The largest absolute Gasteiger partial charge is 0.494 e. The van der Waals surface area contributed by atoms with Crippen LogP contribution in [0.2, 0.25) is 0 Å². The second-order valence-corrected chi connectivity index (χ2v) is 5.76. The zero-order valence-corrected chi connectivity index (χ0v) is 13.2. The summed E-state index contributed by atoms with van der Waals surface area (Å²) >= 11 is 0. The fraction of sp³-hybridized carbons (Fsp3) is 0.588. The summed E-state index contributed by atoms with van der Waals surface area (Å²) in [6, 6.07) is 6.93. The van der Waals surface area contributed by atoms with E-state index in [4.69, 9.17) is 4.74 Å². The molecule has 0 radical (unpaired) electrons. The van der Waals surface area contributed by atoms with Crippen LogP contribution < -0.4 is 15.4 Å². The van der Waals surface area contributed by atoms with E-state index in [2.05, 4.69) is 10.6 Å². The van der Waals surface area contributed by atoms with E-state index in [0.717, 1.165) is 18.6 Å². The van der Waals surface area contributed by atoms with Crippen molar-refractivity contribution in [2.24, 2.45) is 5.92 Å². The molecule has 0 heterocycles. The Balaban J connectivity index is 1.72. The number of aliphatic hydroxyl groups excluding tert-OH is 1. The van der Waals surface area contributed by atoms with Crippen molar-refractivity contribution >= 4 is 11.7 Å². The molecule has 0 aliphatic heterocycles. The molecule has 5 nitrogen and oxygen atoms in total. The second-order valence-electron chi connectivity index (χ2n) is 5.76. The molecule has 1 aliphatic rings. The Labute approximate surface area is 132 Å². The van der Waals surface area contributed by atoms with Gasteiger partial charge in [-0.1, -0.05) is 19.3 Å². The Kier molecular flexibility index (Phi) is 6.52. The minimum atomic E-state index is -0.452. The Morgan fingerprint density at radius 1 is 1.27 bits per heavy atom. The van der Waals surface area contributed by atoms with Crippen molar-refractivity contribution in [2.45, 2.75) is 45.1 Å². The summed E-state index contributed by atoms with van der Waals surface area (Å²) in [7, 11) is 0. The van der Waals surface area contributed by atoms with Gasteiger partial charge in [0.15, 0.2) is 0 Å². The van der Waals surface area contributed by atoms with Crippen LogP contribution in [0.3, 0.4) is 0 Å². The summed E-state index contributed by atoms with van der Waals surface area (Å²) in [4.78, 5) is 11.8. The number of hydrogen-bond donors (Lipinski definition) is 3. The molecule has 3 N–H and O–H groups in total. The van der Waals surface area contributed by atoms with Crippen LogP contribution in [0.4, 0.5) is 10.5 Å². The van der Waals surface area contributed by atoms with Crippen LogP contribution in [-0.4, -0.2) is 30.4 Å². The van der Waals surface area contributed by atoms with Gasteiger partial charge in [0, 0.05) is 12.2 Å². The lowest BCUT2D eigenvalue weighted by Gasteiger charge is -2.26. The van der Waals surface area contributed by atoms with Crippen molar-refractivity contribution < 1.29 is 14.6 Å². The van der Waals surface area contributed by atoms with Gasteiger partial charge in [-0.2, -0.15) is 0 Å². The zero-order valence-electron chi connectivity index (χ0n) is 13.2. The molecule has 1 unspecified atom stereocenters. The van der Waals surface area contributed by atoms with E-state index in [1.54, 1.807) is 12.1 Å². The number of carbonyl (C=O) groups is 1. The minimum Gasteiger partial charge on any atom is -0.494 e. The van der Waals surface area contributed by atoms with Gasteiger partial charge in [-0.15, -0.1) is 0 Å². The molecular formula is C17H26N2O3. The lowest BCUT2D eigenvalue weighted by Crippen LogP contribution is -2.39. The van der Waals surface area contributed by atoms with Gasteiger partial charge in [-0.05, 0) is 49.9 Å². The van der Waals surface area contributed by atoms with Crippen molar-refractivity contribution in [1.82, 2.24) is 5.32 Å². The van der Waals surface area contributed by atoms with Crippen LogP contribution in [0, 0.1) is 5.92 Å². The van der Waals surface area contributed by atoms with E-state index < -0.39 is 6.10 Å². The molecule has 1 saturated carbocycles. The highest BCUT2D eigenvalue weighted by molar-refractivity contribution is 5.89. The lowest BCUT2D eigenvalue weighted by molar-refractivity contribution is 0.0863. The predicted octanol–water partition coefficient (Wildman–Crippen LogP) is 3.15. The maximum Gasteiger partial charge on any atom is 0.319 e. The van der Waals surface area contributed by atoms with Crippen molar-refractivity contribution in [3.05, 3.63) is 24.3 Å². The van der Waals surface area contributed by atoms with E-state index >= 15 is 0 Å². The summed E-state index contributed by atoms with van der Waals surface area (Å²) in [5.74, 6) is 1.10. The van der Waals surface area contributed by atoms with Gasteiger partial charge in [-0.3, -0.25) is 0 Å². The third-order valence-corrected chi connectivity index (χ3v) is 4.09. The smallest absolute Gasteiger partial charge is 0.319 e. The number of benzene rings is 1. The molecule has 0 aromatic heterocycles. The van der Waals surface area contributed by atoms with Gasteiger partial charge in [0.05, 0.1) is 12.7 Å². The molecule has 1 aromatic carbocycles. The first-order chi connectivity index (χ1) is 10.7. The SMILES string of the molecule is CCOc1ccc(NC(=O)NCC(O)C2CCCCC2)cc1. The van der Waals surface area contributed by atoms with Gasteiger partial charge in [0.2, 0.25) is 0 Å². The molecule has 1 aromatic rings. The Morgan fingerprint density at radius 3 is 2.59 bits per heavy atom. The van der Waals surface area contributed by atoms with Gasteiger partial charge >= 0.3 is 6.03 Å². The molecule has 1 atom stereocenters. The molecule has 0 saturated heterocycles. The Bertz CT molecular complexity index is 455. The fourth-order valence-electron chi connectivity index (χ4n) is 2.86. The van der Waals surface area contributed by atoms with Crippen LogP contribution in [0.1, 0.15) is 39.0 Å². The number of aliphatic hydroxyl groups is 1. The van der Waals surface area contributed by atoms with Crippen LogP contribution in [0.25, 0.3) is 0 Å². The van der Waals surface area contributed by atoms with E-state index in [9.17, 15) is 9.90 Å². The quantitative estimate of drug-likeness (QED) is 0.756. The third kappa shape index (κ3) is 5.22. The number of amides is 2. The van der Waals surface area contributed by atoms with Crippen LogP contribution in [0.15, 0.2) is 24.3 Å².